The summed E-state index contributed by atoms with van der Waals surface area (Å²) < 4.78 is 1.75. The second-order valence-electron chi connectivity index (χ2n) is 4.35. The summed E-state index contributed by atoms with van der Waals surface area (Å²) in [4.78, 5) is 8.05. The molecule has 2 aromatic rings. The van der Waals surface area contributed by atoms with Crippen molar-refractivity contribution in [3.8, 4) is 0 Å². The van der Waals surface area contributed by atoms with E-state index >= 15 is 0 Å². The molecule has 0 radical (unpaired) electrons. The van der Waals surface area contributed by atoms with Crippen LogP contribution in [0.5, 0.6) is 0 Å². The summed E-state index contributed by atoms with van der Waals surface area (Å²) in [5, 5.41) is 29.3. The summed E-state index contributed by atoms with van der Waals surface area (Å²) in [6.45, 7) is -0.186. The zero-order valence-corrected chi connectivity index (χ0v) is 11.3. The lowest BCUT2D eigenvalue weighted by Crippen LogP contribution is -2.32. The van der Waals surface area contributed by atoms with E-state index in [1.807, 2.05) is 0 Å². The lowest BCUT2D eigenvalue weighted by atomic mass is 10.1. The van der Waals surface area contributed by atoms with E-state index in [-0.39, 0.29) is 6.61 Å². The normalized spacial score (nSPS) is 31.2. The van der Waals surface area contributed by atoms with Crippen molar-refractivity contribution in [3.05, 3.63) is 23.7 Å². The molecule has 1 fully saturated rings. The highest BCUT2D eigenvalue weighted by atomic mass is 35.5. The Kier molecular flexibility index (Phi) is 3.40. The number of fused-ring (bicyclic) bond motifs is 1. The first-order valence-corrected chi connectivity index (χ1v) is 7.05. The van der Waals surface area contributed by atoms with E-state index in [0.29, 0.717) is 16.2 Å². The van der Waals surface area contributed by atoms with Crippen molar-refractivity contribution in [2.24, 2.45) is 0 Å². The maximum absolute atomic E-state index is 10.1. The molecule has 3 rings (SSSR count). The second kappa shape index (κ2) is 4.92. The molecule has 0 aromatic carbocycles. The Morgan fingerprint density at radius 2 is 2.11 bits per heavy atom. The molecule has 0 amide bonds. The van der Waals surface area contributed by atoms with Crippen LogP contribution in [-0.4, -0.2) is 53.9 Å². The molecular weight excluding hydrogens is 290 g/mol. The fourth-order valence-electron chi connectivity index (χ4n) is 2.26. The average Bonchev–Trinajstić information content (AvgIpc) is 2.94. The molecule has 0 bridgehead atoms. The minimum absolute atomic E-state index is 0.186. The summed E-state index contributed by atoms with van der Waals surface area (Å²) in [6.07, 6.45) is 1.17. The lowest BCUT2D eigenvalue weighted by Gasteiger charge is -2.17. The van der Waals surface area contributed by atoms with Gasteiger partial charge in [0.25, 0.3) is 0 Å². The van der Waals surface area contributed by atoms with Gasteiger partial charge in [-0.1, -0.05) is 11.6 Å². The Labute approximate surface area is 118 Å². The Morgan fingerprint density at radius 1 is 1.32 bits per heavy atom. The molecule has 6 nitrogen and oxygen atoms in total. The number of aliphatic hydroxyl groups is 3. The molecule has 19 heavy (non-hydrogen) atoms. The van der Waals surface area contributed by atoms with Gasteiger partial charge in [0, 0.05) is 6.20 Å². The first kappa shape index (κ1) is 13.1. The van der Waals surface area contributed by atoms with Gasteiger partial charge in [0.15, 0.2) is 0 Å². The largest absolute Gasteiger partial charge is 0.395 e. The van der Waals surface area contributed by atoms with Crippen LogP contribution >= 0.6 is 23.4 Å². The molecule has 102 valence electrons. The number of aliphatic hydroxyl groups excluding tert-OH is 3. The van der Waals surface area contributed by atoms with Crippen LogP contribution in [0, 0.1) is 0 Å². The summed E-state index contributed by atoms with van der Waals surface area (Å²) in [6, 6.07) is 1.77. The van der Waals surface area contributed by atoms with Gasteiger partial charge < -0.3 is 19.9 Å². The summed E-state index contributed by atoms with van der Waals surface area (Å²) in [5.41, 5.74) is 0.599. The Morgan fingerprint density at radius 3 is 2.79 bits per heavy atom. The number of nitrogens with zero attached hydrogens (tertiary/aromatic N) is 3. The van der Waals surface area contributed by atoms with Gasteiger partial charge >= 0.3 is 0 Å². The molecule has 0 spiro atoms. The third-order valence-corrected chi connectivity index (χ3v) is 5.12. The van der Waals surface area contributed by atoms with Crippen molar-refractivity contribution in [2.45, 2.75) is 22.8 Å². The van der Waals surface area contributed by atoms with Gasteiger partial charge in [0.1, 0.15) is 28.6 Å². The van der Waals surface area contributed by atoms with Crippen LogP contribution in [0.4, 0.5) is 0 Å². The lowest BCUT2D eigenvalue weighted by molar-refractivity contribution is 0.0113. The molecule has 4 atom stereocenters. The highest BCUT2D eigenvalue weighted by molar-refractivity contribution is 8.00. The van der Waals surface area contributed by atoms with Gasteiger partial charge in [-0.05, 0) is 6.07 Å². The van der Waals surface area contributed by atoms with Crippen molar-refractivity contribution in [2.75, 3.05) is 6.61 Å². The first-order valence-electron chi connectivity index (χ1n) is 5.73. The summed E-state index contributed by atoms with van der Waals surface area (Å²) in [7, 11) is 0. The SMILES string of the molecule is OC[C@@H]1S[C@H](n2ccc3c(Cl)ncnc32)[C@@H](O)[C@@H]1O. The van der Waals surface area contributed by atoms with Crippen LogP contribution in [0.25, 0.3) is 11.0 Å². The smallest absolute Gasteiger partial charge is 0.145 e. The standard InChI is InChI=1S/C11H12ClN3O3S/c12-9-5-1-2-15(10(5)14-4-13-9)11-8(18)7(17)6(3-16)19-11/h1-2,4,6-8,11,16-18H,3H2/t6-,7+,8-,11-/m0/s1. The molecule has 1 aliphatic rings. The van der Waals surface area contributed by atoms with E-state index in [2.05, 4.69) is 9.97 Å². The van der Waals surface area contributed by atoms with Crippen LogP contribution < -0.4 is 0 Å². The molecule has 0 saturated carbocycles. The molecule has 0 aliphatic carbocycles. The number of halogens is 1. The van der Waals surface area contributed by atoms with Crippen LogP contribution in [0.1, 0.15) is 5.37 Å². The van der Waals surface area contributed by atoms with Crippen LogP contribution in [0.2, 0.25) is 5.15 Å². The zero-order valence-electron chi connectivity index (χ0n) is 9.72. The van der Waals surface area contributed by atoms with E-state index in [4.69, 9.17) is 11.6 Å². The molecule has 1 saturated heterocycles. The average molecular weight is 302 g/mol. The molecular formula is C11H12ClN3O3S. The third kappa shape index (κ3) is 2.02. The molecule has 2 aromatic heterocycles. The number of thioether (sulfide) groups is 1. The van der Waals surface area contributed by atoms with Crippen LogP contribution in [0.3, 0.4) is 0 Å². The van der Waals surface area contributed by atoms with Crippen molar-refractivity contribution >= 4 is 34.4 Å². The van der Waals surface area contributed by atoms with E-state index in [9.17, 15) is 15.3 Å². The Bertz CT molecular complexity index is 608. The summed E-state index contributed by atoms with van der Waals surface area (Å²) in [5.74, 6) is 0. The second-order valence-corrected chi connectivity index (χ2v) is 6.07. The molecule has 8 heteroatoms. The number of rotatable bonds is 2. The fourth-order valence-corrected chi connectivity index (χ4v) is 3.84. The zero-order chi connectivity index (χ0) is 13.6. The van der Waals surface area contributed by atoms with Crippen LogP contribution in [0.15, 0.2) is 18.6 Å². The van der Waals surface area contributed by atoms with E-state index < -0.39 is 22.8 Å². The van der Waals surface area contributed by atoms with Crippen molar-refractivity contribution in [1.82, 2.24) is 14.5 Å². The Balaban J connectivity index is 2.04. The maximum Gasteiger partial charge on any atom is 0.145 e. The van der Waals surface area contributed by atoms with Gasteiger partial charge in [0.05, 0.1) is 23.3 Å². The molecule has 3 heterocycles. The molecule has 1 aliphatic heterocycles. The van der Waals surface area contributed by atoms with E-state index in [0.717, 1.165) is 0 Å². The first-order chi connectivity index (χ1) is 9.13. The van der Waals surface area contributed by atoms with E-state index in [1.54, 1.807) is 16.8 Å². The predicted molar refractivity (Wildman–Crippen MR) is 72.1 cm³/mol. The summed E-state index contributed by atoms with van der Waals surface area (Å²) >= 11 is 7.29. The monoisotopic (exact) mass is 301 g/mol. The van der Waals surface area contributed by atoms with Crippen molar-refractivity contribution in [1.29, 1.82) is 0 Å². The highest BCUT2D eigenvalue weighted by Gasteiger charge is 2.43. The van der Waals surface area contributed by atoms with Gasteiger partial charge in [0.2, 0.25) is 0 Å². The molecule has 0 unspecified atom stereocenters. The quantitative estimate of drug-likeness (QED) is 0.696. The maximum atomic E-state index is 10.1. The van der Waals surface area contributed by atoms with Gasteiger partial charge in [-0.2, -0.15) is 0 Å². The van der Waals surface area contributed by atoms with Crippen molar-refractivity contribution < 1.29 is 15.3 Å². The molecule has 3 N–H and O–H groups in total. The van der Waals surface area contributed by atoms with Gasteiger partial charge in [-0.25, -0.2) is 9.97 Å². The minimum atomic E-state index is -0.966. The highest BCUT2D eigenvalue weighted by Crippen LogP contribution is 2.43. The Hall–Kier alpha value is -0.860. The minimum Gasteiger partial charge on any atom is -0.395 e. The van der Waals surface area contributed by atoms with E-state index in [1.165, 1.54) is 18.1 Å². The van der Waals surface area contributed by atoms with Gasteiger partial charge in [-0.15, -0.1) is 11.8 Å². The van der Waals surface area contributed by atoms with Crippen molar-refractivity contribution in [3.63, 3.8) is 0 Å². The third-order valence-electron chi connectivity index (χ3n) is 3.25. The number of hydrogen-bond donors (Lipinski definition) is 3. The number of aromatic nitrogens is 3. The predicted octanol–water partition coefficient (Wildman–Crippen LogP) is 0.413. The fraction of sp³-hybridized carbons (Fsp3) is 0.455. The topological polar surface area (TPSA) is 91.4 Å². The number of hydrogen-bond acceptors (Lipinski definition) is 6. The van der Waals surface area contributed by atoms with Gasteiger partial charge in [-0.3, -0.25) is 0 Å². The van der Waals surface area contributed by atoms with Crippen LogP contribution in [-0.2, 0) is 0 Å².